The van der Waals surface area contributed by atoms with Crippen molar-refractivity contribution < 1.29 is 13.5 Å². The van der Waals surface area contributed by atoms with Gasteiger partial charge in [-0.15, -0.1) is 0 Å². The van der Waals surface area contributed by atoms with Gasteiger partial charge in [0.05, 0.1) is 25.0 Å². The van der Waals surface area contributed by atoms with Crippen molar-refractivity contribution in [3.63, 3.8) is 0 Å². The second kappa shape index (κ2) is 6.12. The van der Waals surface area contributed by atoms with Crippen molar-refractivity contribution in [2.24, 2.45) is 0 Å². The predicted molar refractivity (Wildman–Crippen MR) is 87.7 cm³/mol. The minimum Gasteiger partial charge on any atom is -0.496 e. The van der Waals surface area contributed by atoms with Crippen LogP contribution in [-0.4, -0.2) is 33.6 Å². The van der Waals surface area contributed by atoms with Crippen molar-refractivity contribution in [3.8, 4) is 17.5 Å². The third-order valence-corrected chi connectivity index (χ3v) is 4.31. The number of fused-ring (bicyclic) bond motifs is 1. The van der Waals surface area contributed by atoms with Crippen LogP contribution < -0.4 is 9.64 Å². The second-order valence-corrected chi connectivity index (χ2v) is 5.74. The fourth-order valence-corrected chi connectivity index (χ4v) is 3.04. The highest BCUT2D eigenvalue weighted by atomic mass is 19.1. The Morgan fingerprint density at radius 2 is 2.16 bits per heavy atom. The number of methoxy groups -OCH3 is 1. The lowest BCUT2D eigenvalue weighted by Gasteiger charge is -2.35. The van der Waals surface area contributed by atoms with Crippen LogP contribution in [0.2, 0.25) is 0 Å². The molecular weight excluding hydrogens is 325 g/mol. The SMILES string of the molecule is COc1cc(F)nc(N2CCc3nc(-c4ncco4)ncc3C2C)c1. The molecule has 128 valence electrons. The molecule has 7 nitrogen and oxygen atoms in total. The summed E-state index contributed by atoms with van der Waals surface area (Å²) in [7, 11) is 1.51. The van der Waals surface area contributed by atoms with E-state index in [4.69, 9.17) is 9.15 Å². The molecule has 25 heavy (non-hydrogen) atoms. The van der Waals surface area contributed by atoms with Gasteiger partial charge in [0, 0.05) is 36.9 Å². The molecule has 0 radical (unpaired) electrons. The van der Waals surface area contributed by atoms with Crippen LogP contribution in [-0.2, 0) is 6.42 Å². The highest BCUT2D eigenvalue weighted by molar-refractivity contribution is 5.50. The maximum absolute atomic E-state index is 13.7. The number of rotatable bonds is 3. The fraction of sp³-hybridized carbons (Fsp3) is 0.294. The summed E-state index contributed by atoms with van der Waals surface area (Å²) in [5.41, 5.74) is 1.92. The molecule has 1 aliphatic rings. The van der Waals surface area contributed by atoms with E-state index in [9.17, 15) is 4.39 Å². The lowest BCUT2D eigenvalue weighted by molar-refractivity contribution is 0.408. The van der Waals surface area contributed by atoms with Gasteiger partial charge in [-0.1, -0.05) is 0 Å². The Morgan fingerprint density at radius 3 is 2.92 bits per heavy atom. The van der Waals surface area contributed by atoms with Crippen LogP contribution in [0.4, 0.5) is 10.2 Å². The smallest absolute Gasteiger partial charge is 0.264 e. The zero-order valence-corrected chi connectivity index (χ0v) is 13.8. The summed E-state index contributed by atoms with van der Waals surface area (Å²) in [6, 6.07) is 2.95. The number of anilines is 1. The Hall–Kier alpha value is -3.03. The topological polar surface area (TPSA) is 77.2 Å². The Kier molecular flexibility index (Phi) is 3.79. The monoisotopic (exact) mass is 341 g/mol. The summed E-state index contributed by atoms with van der Waals surface area (Å²) < 4.78 is 24.1. The molecule has 1 atom stereocenters. The highest BCUT2D eigenvalue weighted by Crippen LogP contribution is 2.33. The second-order valence-electron chi connectivity index (χ2n) is 5.74. The lowest BCUT2D eigenvalue weighted by atomic mass is 9.99. The molecule has 1 unspecified atom stereocenters. The summed E-state index contributed by atoms with van der Waals surface area (Å²) in [5.74, 6) is 1.27. The zero-order valence-electron chi connectivity index (χ0n) is 13.8. The quantitative estimate of drug-likeness (QED) is 0.678. The molecule has 0 bridgehead atoms. The number of ether oxygens (including phenoxy) is 1. The van der Waals surface area contributed by atoms with Gasteiger partial charge >= 0.3 is 0 Å². The molecule has 0 spiro atoms. The summed E-state index contributed by atoms with van der Waals surface area (Å²) in [6.45, 7) is 2.68. The molecule has 0 aliphatic carbocycles. The van der Waals surface area contributed by atoms with Crippen LogP contribution in [0.25, 0.3) is 11.7 Å². The number of nitrogens with zero attached hydrogens (tertiary/aromatic N) is 5. The molecule has 4 heterocycles. The molecule has 0 amide bonds. The molecule has 4 rings (SSSR count). The van der Waals surface area contributed by atoms with Gasteiger partial charge in [-0.25, -0.2) is 19.9 Å². The zero-order chi connectivity index (χ0) is 17.4. The highest BCUT2D eigenvalue weighted by Gasteiger charge is 2.27. The molecule has 1 aliphatic heterocycles. The first-order valence-electron chi connectivity index (χ1n) is 7.89. The van der Waals surface area contributed by atoms with Crippen LogP contribution in [0.5, 0.6) is 5.75 Å². The fourth-order valence-electron chi connectivity index (χ4n) is 3.04. The van der Waals surface area contributed by atoms with Gasteiger partial charge in [0.25, 0.3) is 5.89 Å². The van der Waals surface area contributed by atoms with Crippen LogP contribution in [0.15, 0.2) is 35.2 Å². The van der Waals surface area contributed by atoms with E-state index in [0.717, 1.165) is 11.3 Å². The molecule has 0 aromatic carbocycles. The first-order valence-corrected chi connectivity index (χ1v) is 7.89. The van der Waals surface area contributed by atoms with Crippen molar-refractivity contribution >= 4 is 5.82 Å². The number of hydrogen-bond donors (Lipinski definition) is 0. The Morgan fingerprint density at radius 1 is 1.28 bits per heavy atom. The Bertz CT molecular complexity index is 900. The average molecular weight is 341 g/mol. The minimum absolute atomic E-state index is 0.0404. The van der Waals surface area contributed by atoms with Crippen molar-refractivity contribution in [1.82, 2.24) is 19.9 Å². The number of aromatic nitrogens is 4. The normalized spacial score (nSPS) is 16.6. The maximum Gasteiger partial charge on any atom is 0.264 e. The van der Waals surface area contributed by atoms with E-state index in [1.54, 1.807) is 18.5 Å². The molecule has 8 heteroatoms. The lowest BCUT2D eigenvalue weighted by Crippen LogP contribution is -2.35. The third-order valence-electron chi connectivity index (χ3n) is 4.31. The van der Waals surface area contributed by atoms with Gasteiger partial charge < -0.3 is 14.1 Å². The van der Waals surface area contributed by atoms with Crippen LogP contribution in [0, 0.1) is 5.95 Å². The van der Waals surface area contributed by atoms with Gasteiger partial charge in [0.15, 0.2) is 0 Å². The van der Waals surface area contributed by atoms with Gasteiger partial charge in [0.1, 0.15) is 17.8 Å². The molecule has 0 saturated heterocycles. The largest absolute Gasteiger partial charge is 0.496 e. The molecule has 3 aromatic rings. The first kappa shape index (κ1) is 15.5. The number of oxazole rings is 1. The molecule has 0 saturated carbocycles. The first-order chi connectivity index (χ1) is 12.2. The predicted octanol–water partition coefficient (Wildman–Crippen LogP) is 2.80. The van der Waals surface area contributed by atoms with E-state index in [1.165, 1.54) is 19.4 Å². The Balaban J connectivity index is 1.67. The molecule has 0 fully saturated rings. The summed E-state index contributed by atoms with van der Waals surface area (Å²) in [4.78, 5) is 19.0. The van der Waals surface area contributed by atoms with E-state index in [-0.39, 0.29) is 6.04 Å². The third kappa shape index (κ3) is 2.79. The van der Waals surface area contributed by atoms with Crippen molar-refractivity contribution in [2.75, 3.05) is 18.6 Å². The minimum atomic E-state index is -0.567. The number of halogens is 1. The Labute approximate surface area is 143 Å². The summed E-state index contributed by atoms with van der Waals surface area (Å²) in [6.07, 6.45) is 5.52. The number of pyridine rings is 1. The molecular formula is C17H16FN5O2. The standard InChI is InChI=1S/C17H16FN5O2/c1-10-12-9-20-16(17-19-4-6-25-17)21-13(12)3-5-23(10)15-8-11(24-2)7-14(18)22-15/h4,6-10H,3,5H2,1-2H3. The van der Waals surface area contributed by atoms with Crippen molar-refractivity contribution in [2.45, 2.75) is 19.4 Å². The van der Waals surface area contributed by atoms with Crippen LogP contribution in [0.3, 0.4) is 0 Å². The van der Waals surface area contributed by atoms with Crippen LogP contribution in [0.1, 0.15) is 24.2 Å². The van der Waals surface area contributed by atoms with Crippen LogP contribution >= 0.6 is 0 Å². The van der Waals surface area contributed by atoms with E-state index in [1.807, 2.05) is 11.8 Å². The van der Waals surface area contributed by atoms with Crippen molar-refractivity contribution in [3.05, 3.63) is 48.0 Å². The van der Waals surface area contributed by atoms with Crippen molar-refractivity contribution in [1.29, 1.82) is 0 Å². The van der Waals surface area contributed by atoms with E-state index >= 15 is 0 Å². The van der Waals surface area contributed by atoms with E-state index < -0.39 is 5.95 Å². The van der Waals surface area contributed by atoms with Gasteiger partial charge in [0.2, 0.25) is 11.8 Å². The summed E-state index contributed by atoms with van der Waals surface area (Å²) in [5, 5.41) is 0. The molecule has 0 N–H and O–H groups in total. The van der Waals surface area contributed by atoms with Gasteiger partial charge in [-0.3, -0.25) is 0 Å². The average Bonchev–Trinajstić information content (AvgIpc) is 3.16. The summed E-state index contributed by atoms with van der Waals surface area (Å²) >= 11 is 0. The van der Waals surface area contributed by atoms with E-state index in [0.29, 0.717) is 36.2 Å². The van der Waals surface area contributed by atoms with E-state index in [2.05, 4.69) is 19.9 Å². The van der Waals surface area contributed by atoms with Gasteiger partial charge in [-0.2, -0.15) is 4.39 Å². The maximum atomic E-state index is 13.7. The molecule has 3 aromatic heterocycles. The van der Waals surface area contributed by atoms with Gasteiger partial charge in [-0.05, 0) is 6.92 Å². The number of hydrogen-bond acceptors (Lipinski definition) is 7.